The summed E-state index contributed by atoms with van der Waals surface area (Å²) in [5.74, 6) is 0.836. The summed E-state index contributed by atoms with van der Waals surface area (Å²) in [5.41, 5.74) is 4.40. The number of rotatable bonds is 7. The lowest BCUT2D eigenvalue weighted by atomic mass is 9.95. The van der Waals surface area contributed by atoms with Gasteiger partial charge in [0.15, 0.2) is 11.0 Å². The molecule has 1 saturated carbocycles. The largest absolute Gasteiger partial charge is 0.299 e. The molecular weight excluding hydrogens is 432 g/mol. The maximum absolute atomic E-state index is 12.3. The predicted molar refractivity (Wildman–Crippen MR) is 123 cm³/mol. The Morgan fingerprint density at radius 1 is 1.13 bits per heavy atom. The van der Waals surface area contributed by atoms with E-state index in [0.717, 1.165) is 34.9 Å². The molecule has 9 heteroatoms. The van der Waals surface area contributed by atoms with Crippen LogP contribution in [0.15, 0.2) is 59.0 Å². The number of benzene rings is 1. The molecule has 3 aromatic rings. The van der Waals surface area contributed by atoms with Crippen LogP contribution in [0.25, 0.3) is 11.4 Å². The fourth-order valence-electron chi connectivity index (χ4n) is 3.63. The minimum absolute atomic E-state index is 0.193. The minimum atomic E-state index is -0.193. The van der Waals surface area contributed by atoms with Crippen LogP contribution in [0.2, 0.25) is 5.02 Å². The van der Waals surface area contributed by atoms with Gasteiger partial charge >= 0.3 is 0 Å². The number of thioether (sulfide) groups is 1. The quantitative estimate of drug-likeness (QED) is 0.316. The number of halogens is 1. The molecule has 1 aliphatic carbocycles. The van der Waals surface area contributed by atoms with Crippen molar-refractivity contribution < 1.29 is 4.79 Å². The van der Waals surface area contributed by atoms with Crippen molar-refractivity contribution in [3.05, 3.63) is 59.4 Å². The second-order valence-corrected chi connectivity index (χ2v) is 8.72. The third-order valence-corrected chi connectivity index (χ3v) is 6.34. The van der Waals surface area contributed by atoms with Gasteiger partial charge in [0.2, 0.25) is 0 Å². The highest BCUT2D eigenvalue weighted by molar-refractivity contribution is 7.99. The van der Waals surface area contributed by atoms with E-state index >= 15 is 0 Å². The monoisotopic (exact) mass is 454 g/mol. The highest BCUT2D eigenvalue weighted by Gasteiger charge is 2.24. The molecule has 1 N–H and O–H groups in total. The first-order chi connectivity index (χ1) is 15.2. The number of pyridine rings is 1. The Labute approximate surface area is 190 Å². The van der Waals surface area contributed by atoms with Gasteiger partial charge in [0.05, 0.1) is 12.0 Å². The molecule has 0 aliphatic heterocycles. The zero-order chi connectivity index (χ0) is 21.5. The van der Waals surface area contributed by atoms with Crippen LogP contribution in [-0.4, -0.2) is 37.6 Å². The summed E-state index contributed by atoms with van der Waals surface area (Å²) in [6.07, 6.45) is 10.8. The normalized spacial score (nSPS) is 14.7. The Kier molecular flexibility index (Phi) is 7.32. The third-order valence-electron chi connectivity index (χ3n) is 5.15. The number of carbonyl (C=O) groups excluding carboxylic acids is 1. The highest BCUT2D eigenvalue weighted by Crippen LogP contribution is 2.35. The van der Waals surface area contributed by atoms with Crippen LogP contribution in [0.5, 0.6) is 0 Å². The number of carbonyl (C=O) groups is 1. The molecule has 0 unspecified atom stereocenters. The van der Waals surface area contributed by atoms with Crippen molar-refractivity contribution in [2.24, 2.45) is 5.10 Å². The maximum atomic E-state index is 12.3. The molecule has 1 aromatic carbocycles. The zero-order valence-corrected chi connectivity index (χ0v) is 18.5. The van der Waals surface area contributed by atoms with Crippen LogP contribution in [0.1, 0.15) is 43.7 Å². The van der Waals surface area contributed by atoms with E-state index in [0.29, 0.717) is 11.1 Å². The predicted octanol–water partition coefficient (Wildman–Crippen LogP) is 4.74. The Bertz CT molecular complexity index is 1030. The SMILES string of the molecule is O=C(CSc1nnc(-c2ccc(Cl)cc2)n1C1CCCCC1)N/N=C\c1ccncc1. The second kappa shape index (κ2) is 10.5. The Balaban J connectivity index is 1.46. The first-order valence-electron chi connectivity index (χ1n) is 10.3. The zero-order valence-electron chi connectivity index (χ0n) is 16.9. The molecule has 160 valence electrons. The molecule has 1 amide bonds. The van der Waals surface area contributed by atoms with E-state index in [1.165, 1.54) is 31.0 Å². The first-order valence-corrected chi connectivity index (χ1v) is 11.6. The first kappa shape index (κ1) is 21.5. The summed E-state index contributed by atoms with van der Waals surface area (Å²) in [6.45, 7) is 0. The number of hydrazone groups is 1. The van der Waals surface area contributed by atoms with Gasteiger partial charge in [-0.25, -0.2) is 5.43 Å². The standard InChI is InChI=1S/C22H23ClN6OS/c23-18-8-6-17(7-9-18)21-27-28-22(29(21)19-4-2-1-3-5-19)31-15-20(30)26-25-14-16-10-12-24-13-11-16/h6-14,19H,1-5,15H2,(H,26,30)/b25-14-. The van der Waals surface area contributed by atoms with Crippen molar-refractivity contribution in [3.63, 3.8) is 0 Å². The molecule has 1 fully saturated rings. The molecule has 2 aromatic heterocycles. The van der Waals surface area contributed by atoms with E-state index in [4.69, 9.17) is 11.6 Å². The Hall–Kier alpha value is -2.71. The Morgan fingerprint density at radius 3 is 2.61 bits per heavy atom. The molecule has 0 radical (unpaired) electrons. The molecular formula is C22H23ClN6OS. The van der Waals surface area contributed by atoms with Crippen LogP contribution in [0, 0.1) is 0 Å². The molecule has 0 bridgehead atoms. The number of nitrogens with zero attached hydrogens (tertiary/aromatic N) is 5. The molecule has 0 spiro atoms. The number of amides is 1. The van der Waals surface area contributed by atoms with Crippen molar-refractivity contribution >= 4 is 35.5 Å². The molecule has 0 saturated heterocycles. The fraction of sp³-hybridized carbons (Fsp3) is 0.318. The number of hydrogen-bond donors (Lipinski definition) is 1. The van der Waals surface area contributed by atoms with Crippen LogP contribution >= 0.6 is 23.4 Å². The molecule has 31 heavy (non-hydrogen) atoms. The number of nitrogens with one attached hydrogen (secondary N) is 1. The van der Waals surface area contributed by atoms with E-state index < -0.39 is 0 Å². The van der Waals surface area contributed by atoms with Gasteiger partial charge in [-0.1, -0.05) is 42.6 Å². The summed E-state index contributed by atoms with van der Waals surface area (Å²) in [7, 11) is 0. The maximum Gasteiger partial charge on any atom is 0.250 e. The lowest BCUT2D eigenvalue weighted by Crippen LogP contribution is -2.20. The van der Waals surface area contributed by atoms with E-state index in [1.54, 1.807) is 18.6 Å². The van der Waals surface area contributed by atoms with E-state index in [2.05, 4.69) is 30.3 Å². The Morgan fingerprint density at radius 2 is 1.87 bits per heavy atom. The molecule has 0 atom stereocenters. The average Bonchev–Trinajstić information content (AvgIpc) is 3.23. The van der Waals surface area contributed by atoms with Gasteiger partial charge in [-0.15, -0.1) is 10.2 Å². The van der Waals surface area contributed by atoms with Crippen LogP contribution in [0.4, 0.5) is 0 Å². The van der Waals surface area contributed by atoms with Gasteiger partial charge in [-0.05, 0) is 54.8 Å². The van der Waals surface area contributed by atoms with Gasteiger partial charge in [-0.2, -0.15) is 5.10 Å². The van der Waals surface area contributed by atoms with Crippen LogP contribution in [-0.2, 0) is 4.79 Å². The van der Waals surface area contributed by atoms with Gasteiger partial charge in [-0.3, -0.25) is 14.3 Å². The fourth-order valence-corrected chi connectivity index (χ4v) is 4.55. The van der Waals surface area contributed by atoms with E-state index in [1.807, 2.05) is 36.4 Å². The summed E-state index contributed by atoms with van der Waals surface area (Å²) in [5, 5.41) is 14.3. The van der Waals surface area contributed by atoms with Gasteiger partial charge in [0.25, 0.3) is 5.91 Å². The molecule has 7 nitrogen and oxygen atoms in total. The second-order valence-electron chi connectivity index (χ2n) is 7.34. The van der Waals surface area contributed by atoms with Crippen molar-refractivity contribution in [1.29, 1.82) is 0 Å². The van der Waals surface area contributed by atoms with Crippen LogP contribution in [0.3, 0.4) is 0 Å². The van der Waals surface area contributed by atoms with Gasteiger partial charge < -0.3 is 0 Å². The summed E-state index contributed by atoms with van der Waals surface area (Å²) in [6, 6.07) is 11.6. The summed E-state index contributed by atoms with van der Waals surface area (Å²) >= 11 is 7.43. The lowest BCUT2D eigenvalue weighted by molar-refractivity contribution is -0.118. The summed E-state index contributed by atoms with van der Waals surface area (Å²) < 4.78 is 2.20. The van der Waals surface area contributed by atoms with Crippen LogP contribution < -0.4 is 5.43 Å². The van der Waals surface area contributed by atoms with Gasteiger partial charge in [0.1, 0.15) is 0 Å². The van der Waals surface area contributed by atoms with E-state index in [-0.39, 0.29) is 11.7 Å². The summed E-state index contributed by atoms with van der Waals surface area (Å²) in [4.78, 5) is 16.2. The van der Waals surface area contributed by atoms with Crippen molar-refractivity contribution in [2.45, 2.75) is 43.3 Å². The smallest absolute Gasteiger partial charge is 0.250 e. The minimum Gasteiger partial charge on any atom is -0.299 e. The van der Waals surface area contributed by atoms with Crippen molar-refractivity contribution in [3.8, 4) is 11.4 Å². The third kappa shape index (κ3) is 5.71. The van der Waals surface area contributed by atoms with E-state index in [9.17, 15) is 4.79 Å². The highest BCUT2D eigenvalue weighted by atomic mass is 35.5. The topological polar surface area (TPSA) is 85.1 Å². The van der Waals surface area contributed by atoms with Crippen molar-refractivity contribution in [2.75, 3.05) is 5.75 Å². The number of aromatic nitrogens is 4. The molecule has 2 heterocycles. The molecule has 4 rings (SSSR count). The number of hydrogen-bond acceptors (Lipinski definition) is 6. The molecule has 1 aliphatic rings. The van der Waals surface area contributed by atoms with Gasteiger partial charge in [0, 0.05) is 29.0 Å². The lowest BCUT2D eigenvalue weighted by Gasteiger charge is -2.25. The average molecular weight is 455 g/mol. The van der Waals surface area contributed by atoms with Crippen molar-refractivity contribution in [1.82, 2.24) is 25.2 Å².